The third kappa shape index (κ3) is 5.95. The molecule has 1 amide bonds. The molecule has 0 bridgehead atoms. The lowest BCUT2D eigenvalue weighted by Crippen LogP contribution is -2.42. The molecule has 39 heavy (non-hydrogen) atoms. The molecular weight excluding hydrogens is 513 g/mol. The number of aromatic nitrogens is 5. The zero-order valence-electron chi connectivity index (χ0n) is 21.6. The summed E-state index contributed by atoms with van der Waals surface area (Å²) in [4.78, 5) is 24.6. The molecule has 3 aromatic rings. The number of aryl methyl sites for hydroxylation is 1. The van der Waals surface area contributed by atoms with Crippen LogP contribution in [0.4, 0.5) is 13.2 Å². The highest BCUT2D eigenvalue weighted by Crippen LogP contribution is 2.38. The highest BCUT2D eigenvalue weighted by molar-refractivity contribution is 5.83. The zero-order chi connectivity index (χ0) is 27.6. The van der Waals surface area contributed by atoms with Crippen LogP contribution >= 0.6 is 0 Å². The summed E-state index contributed by atoms with van der Waals surface area (Å²) in [6.07, 6.45) is 1.05. The molecule has 13 heteroatoms. The van der Waals surface area contributed by atoms with Crippen molar-refractivity contribution in [1.29, 1.82) is 5.26 Å². The minimum atomic E-state index is -4.69. The van der Waals surface area contributed by atoms with Gasteiger partial charge in [0.1, 0.15) is 17.1 Å². The van der Waals surface area contributed by atoms with Crippen LogP contribution in [0.1, 0.15) is 43.4 Å². The van der Waals surface area contributed by atoms with Crippen LogP contribution in [-0.2, 0) is 18.0 Å². The van der Waals surface area contributed by atoms with Crippen LogP contribution in [0.15, 0.2) is 18.3 Å². The van der Waals surface area contributed by atoms with Gasteiger partial charge in [0.05, 0.1) is 24.4 Å². The molecule has 206 valence electrons. The summed E-state index contributed by atoms with van der Waals surface area (Å²) in [7, 11) is 1.62. The van der Waals surface area contributed by atoms with Gasteiger partial charge in [-0.05, 0) is 63.2 Å². The van der Waals surface area contributed by atoms with E-state index in [2.05, 4.69) is 25.2 Å². The molecule has 0 aliphatic carbocycles. The fraction of sp³-hybridized carbons (Fsp3) is 0.538. The van der Waals surface area contributed by atoms with Crippen LogP contribution in [0, 0.1) is 17.2 Å². The summed E-state index contributed by atoms with van der Waals surface area (Å²) < 4.78 is 48.8. The Morgan fingerprint density at radius 1 is 1.18 bits per heavy atom. The molecule has 2 saturated heterocycles. The first kappa shape index (κ1) is 26.8. The van der Waals surface area contributed by atoms with Gasteiger partial charge in [-0.2, -0.15) is 18.4 Å². The van der Waals surface area contributed by atoms with Gasteiger partial charge in [0.2, 0.25) is 11.8 Å². The molecule has 2 aliphatic heterocycles. The van der Waals surface area contributed by atoms with Gasteiger partial charge in [-0.25, -0.2) is 14.6 Å². The first-order chi connectivity index (χ1) is 18.7. The van der Waals surface area contributed by atoms with Crippen LogP contribution in [0.5, 0.6) is 5.88 Å². The maximum absolute atomic E-state index is 13.9. The maximum atomic E-state index is 13.9. The fourth-order valence-electron chi connectivity index (χ4n) is 5.18. The number of hydrogen-bond donors (Lipinski definition) is 0. The average molecular weight is 543 g/mol. The van der Waals surface area contributed by atoms with E-state index in [1.807, 2.05) is 11.0 Å². The van der Waals surface area contributed by atoms with Gasteiger partial charge in [0.15, 0.2) is 5.69 Å². The number of ether oxygens (including phenoxy) is 1. The van der Waals surface area contributed by atoms with Crippen molar-refractivity contribution < 1.29 is 22.7 Å². The Morgan fingerprint density at radius 2 is 1.92 bits per heavy atom. The summed E-state index contributed by atoms with van der Waals surface area (Å²) in [5.74, 6) is 0.00713. The van der Waals surface area contributed by atoms with E-state index in [0.717, 1.165) is 57.9 Å². The van der Waals surface area contributed by atoms with Crippen molar-refractivity contribution >= 4 is 16.9 Å². The van der Waals surface area contributed by atoms with Crippen LogP contribution in [0.25, 0.3) is 22.3 Å². The number of fused-ring (bicyclic) bond motifs is 1. The van der Waals surface area contributed by atoms with E-state index < -0.39 is 17.6 Å². The number of alkyl halides is 3. The van der Waals surface area contributed by atoms with Crippen LogP contribution < -0.4 is 4.74 Å². The molecule has 0 spiro atoms. The SMILES string of the molecule is Cn1nnc2c(C#N)nc(-c3cnc(OCCC4CCN(CC(=O)N5CCCC5)CC4)c(C(F)(F)F)c3)cc21. The molecule has 0 radical (unpaired) electrons. The molecule has 2 aliphatic rings. The summed E-state index contributed by atoms with van der Waals surface area (Å²) >= 11 is 0. The molecule has 5 heterocycles. The highest BCUT2D eigenvalue weighted by atomic mass is 19.4. The molecule has 5 rings (SSSR count). The van der Waals surface area contributed by atoms with Crippen LogP contribution in [-0.4, -0.2) is 80.0 Å². The number of rotatable bonds is 7. The molecule has 0 aromatic carbocycles. The lowest BCUT2D eigenvalue weighted by Gasteiger charge is -2.32. The second kappa shape index (κ2) is 11.1. The van der Waals surface area contributed by atoms with Gasteiger partial charge in [-0.3, -0.25) is 9.69 Å². The topological polar surface area (TPSA) is 113 Å². The Labute approximate surface area is 223 Å². The Bertz CT molecular complexity index is 1390. The first-order valence-electron chi connectivity index (χ1n) is 13.0. The van der Waals surface area contributed by atoms with Crippen molar-refractivity contribution in [2.75, 3.05) is 39.3 Å². The van der Waals surface area contributed by atoms with E-state index in [1.165, 1.54) is 16.9 Å². The van der Waals surface area contributed by atoms with E-state index in [4.69, 9.17) is 4.74 Å². The number of piperidine rings is 1. The van der Waals surface area contributed by atoms with Gasteiger partial charge in [0, 0.05) is 31.9 Å². The Hall–Kier alpha value is -3.79. The Morgan fingerprint density at radius 3 is 2.62 bits per heavy atom. The normalized spacial score (nSPS) is 17.1. The highest BCUT2D eigenvalue weighted by Gasteiger charge is 2.36. The monoisotopic (exact) mass is 542 g/mol. The molecule has 2 fully saturated rings. The summed E-state index contributed by atoms with van der Waals surface area (Å²) in [6.45, 7) is 3.81. The number of amides is 1. The number of pyridine rings is 2. The van der Waals surface area contributed by atoms with Crippen LogP contribution in [0.2, 0.25) is 0 Å². The Balaban J connectivity index is 1.21. The van der Waals surface area contributed by atoms with Gasteiger partial charge in [-0.15, -0.1) is 5.10 Å². The number of hydrogen-bond acceptors (Lipinski definition) is 8. The van der Waals surface area contributed by atoms with Crippen molar-refractivity contribution in [1.82, 2.24) is 34.8 Å². The van der Waals surface area contributed by atoms with Crippen molar-refractivity contribution in [3.05, 3.63) is 29.6 Å². The number of likely N-dealkylation sites (tertiary alicyclic amines) is 2. The van der Waals surface area contributed by atoms with E-state index in [1.54, 1.807) is 7.05 Å². The maximum Gasteiger partial charge on any atom is 0.421 e. The van der Waals surface area contributed by atoms with Crippen molar-refractivity contribution in [2.24, 2.45) is 13.0 Å². The first-order valence-corrected chi connectivity index (χ1v) is 13.0. The molecule has 3 aromatic heterocycles. The fourth-order valence-corrected chi connectivity index (χ4v) is 5.18. The standard InChI is InChI=1S/C26H29F3N8O2/c1-35-22-13-20(32-21(14-30)24(22)33-34-35)18-12-19(26(27,28)29)25(31-15-18)39-11-6-17-4-9-36(10-5-17)16-23(38)37-7-2-3-8-37/h12-13,15,17H,2-11,16H2,1H3. The second-order valence-electron chi connectivity index (χ2n) is 10.1. The summed E-state index contributed by atoms with van der Waals surface area (Å²) in [6, 6.07) is 4.39. The zero-order valence-corrected chi connectivity index (χ0v) is 21.6. The van der Waals surface area contributed by atoms with Gasteiger partial charge in [0.25, 0.3) is 0 Å². The number of nitriles is 1. The molecular formula is C26H29F3N8O2. The average Bonchev–Trinajstić information content (AvgIpc) is 3.59. The third-order valence-electron chi connectivity index (χ3n) is 7.45. The number of nitrogens with zero attached hydrogens (tertiary/aromatic N) is 8. The van der Waals surface area contributed by atoms with Crippen molar-refractivity contribution in [3.63, 3.8) is 0 Å². The molecule has 0 atom stereocenters. The third-order valence-corrected chi connectivity index (χ3v) is 7.45. The van der Waals surface area contributed by atoms with Gasteiger partial charge >= 0.3 is 6.18 Å². The number of carbonyl (C=O) groups is 1. The predicted octanol–water partition coefficient (Wildman–Crippen LogP) is 3.42. The summed E-state index contributed by atoms with van der Waals surface area (Å²) in [5, 5.41) is 17.2. The van der Waals surface area contributed by atoms with Crippen molar-refractivity contribution in [3.8, 4) is 23.2 Å². The van der Waals surface area contributed by atoms with E-state index in [-0.39, 0.29) is 35.0 Å². The van der Waals surface area contributed by atoms with E-state index >= 15 is 0 Å². The van der Waals surface area contributed by atoms with Gasteiger partial charge < -0.3 is 9.64 Å². The van der Waals surface area contributed by atoms with E-state index in [9.17, 15) is 23.2 Å². The molecule has 0 saturated carbocycles. The van der Waals surface area contributed by atoms with Crippen LogP contribution in [0.3, 0.4) is 0 Å². The molecule has 10 nitrogen and oxygen atoms in total. The minimum absolute atomic E-state index is 0.0315. The second-order valence-corrected chi connectivity index (χ2v) is 10.1. The van der Waals surface area contributed by atoms with Crippen molar-refractivity contribution in [2.45, 2.75) is 38.3 Å². The number of carbonyl (C=O) groups excluding carboxylic acids is 1. The lowest BCUT2D eigenvalue weighted by molar-refractivity contribution is -0.139. The predicted molar refractivity (Wildman–Crippen MR) is 134 cm³/mol. The Kier molecular flexibility index (Phi) is 7.65. The molecule has 0 N–H and O–H groups in total. The minimum Gasteiger partial charge on any atom is -0.477 e. The lowest BCUT2D eigenvalue weighted by atomic mass is 9.94. The summed E-state index contributed by atoms with van der Waals surface area (Å²) in [5.41, 5.74) is -0.0301. The van der Waals surface area contributed by atoms with E-state index in [0.29, 0.717) is 24.4 Å². The number of halogens is 3. The largest absolute Gasteiger partial charge is 0.477 e. The molecule has 0 unspecified atom stereocenters. The van der Waals surface area contributed by atoms with Gasteiger partial charge in [-0.1, -0.05) is 5.21 Å². The quantitative estimate of drug-likeness (QED) is 0.446. The smallest absolute Gasteiger partial charge is 0.421 e.